The van der Waals surface area contributed by atoms with E-state index in [4.69, 9.17) is 15.6 Å². The van der Waals surface area contributed by atoms with E-state index in [2.05, 4.69) is 0 Å². The van der Waals surface area contributed by atoms with Gasteiger partial charge in [0.2, 0.25) is 0 Å². The lowest BCUT2D eigenvalue weighted by molar-refractivity contribution is 0.000660. The van der Waals surface area contributed by atoms with Gasteiger partial charge in [-0.1, -0.05) is 0 Å². The molecule has 1 aliphatic rings. The Bertz CT molecular complexity index is 138. The molecule has 72 valence electrons. The molecule has 2 atom stereocenters. The van der Waals surface area contributed by atoms with Crippen molar-refractivity contribution in [3.05, 3.63) is 0 Å². The second-order valence-electron chi connectivity index (χ2n) is 3.69. The first-order chi connectivity index (χ1) is 5.70. The third kappa shape index (κ3) is 2.44. The summed E-state index contributed by atoms with van der Waals surface area (Å²) < 4.78 is 5.49. The Balaban J connectivity index is 2.39. The second kappa shape index (κ2) is 4.21. The summed E-state index contributed by atoms with van der Waals surface area (Å²) >= 11 is 0. The normalized spacial score (nSPS) is 36.8. The molecule has 3 nitrogen and oxygen atoms in total. The van der Waals surface area contributed by atoms with Crippen LogP contribution in [-0.2, 0) is 4.74 Å². The summed E-state index contributed by atoms with van der Waals surface area (Å²) in [6, 6.07) is 0. The molecule has 0 amide bonds. The van der Waals surface area contributed by atoms with E-state index in [1.807, 2.05) is 6.92 Å². The number of hydrogen-bond acceptors (Lipinski definition) is 3. The molecule has 1 aliphatic carbocycles. The predicted molar refractivity (Wildman–Crippen MR) is 47.9 cm³/mol. The molecule has 0 bridgehead atoms. The van der Waals surface area contributed by atoms with Crippen LogP contribution in [0.2, 0.25) is 0 Å². The highest BCUT2D eigenvalue weighted by Gasteiger charge is 2.32. The highest BCUT2D eigenvalue weighted by atomic mass is 16.5. The van der Waals surface area contributed by atoms with Crippen molar-refractivity contribution in [1.29, 1.82) is 0 Å². The summed E-state index contributed by atoms with van der Waals surface area (Å²) in [6.07, 6.45) is 4.15. The molecule has 0 aromatic carbocycles. The summed E-state index contributed by atoms with van der Waals surface area (Å²) in [6.45, 7) is 2.81. The monoisotopic (exact) mass is 173 g/mol. The van der Waals surface area contributed by atoms with Crippen LogP contribution in [0.3, 0.4) is 0 Å². The van der Waals surface area contributed by atoms with Crippen LogP contribution in [-0.4, -0.2) is 30.0 Å². The van der Waals surface area contributed by atoms with Gasteiger partial charge >= 0.3 is 0 Å². The number of ether oxygens (including phenoxy) is 1. The quantitative estimate of drug-likeness (QED) is 0.659. The van der Waals surface area contributed by atoms with E-state index in [9.17, 15) is 0 Å². The van der Waals surface area contributed by atoms with Gasteiger partial charge < -0.3 is 15.6 Å². The van der Waals surface area contributed by atoms with Gasteiger partial charge in [-0.25, -0.2) is 0 Å². The second-order valence-corrected chi connectivity index (χ2v) is 3.69. The maximum Gasteiger partial charge on any atom is 0.0612 e. The first kappa shape index (κ1) is 9.96. The van der Waals surface area contributed by atoms with Gasteiger partial charge in [0.05, 0.1) is 12.7 Å². The molecule has 3 N–H and O–H groups in total. The van der Waals surface area contributed by atoms with E-state index in [-0.39, 0.29) is 18.2 Å². The van der Waals surface area contributed by atoms with Crippen LogP contribution in [0.1, 0.15) is 32.6 Å². The third-order valence-electron chi connectivity index (χ3n) is 2.55. The molecule has 1 fully saturated rings. The van der Waals surface area contributed by atoms with Crippen molar-refractivity contribution >= 4 is 0 Å². The first-order valence-electron chi connectivity index (χ1n) is 4.71. The van der Waals surface area contributed by atoms with Crippen LogP contribution < -0.4 is 5.73 Å². The highest BCUT2D eigenvalue weighted by molar-refractivity contribution is 4.90. The molecule has 12 heavy (non-hydrogen) atoms. The first-order valence-corrected chi connectivity index (χ1v) is 4.71. The highest BCUT2D eigenvalue weighted by Crippen LogP contribution is 2.27. The molecular formula is C9H19NO2. The van der Waals surface area contributed by atoms with Gasteiger partial charge in [0.25, 0.3) is 0 Å². The van der Waals surface area contributed by atoms with Crippen LogP contribution in [0.25, 0.3) is 0 Å². The minimum absolute atomic E-state index is 0.0799. The van der Waals surface area contributed by atoms with Crippen molar-refractivity contribution in [3.8, 4) is 0 Å². The molecule has 1 saturated carbocycles. The van der Waals surface area contributed by atoms with E-state index in [1.54, 1.807) is 0 Å². The summed E-state index contributed by atoms with van der Waals surface area (Å²) in [4.78, 5) is 0. The van der Waals surface area contributed by atoms with Gasteiger partial charge in [-0.05, 0) is 32.6 Å². The fourth-order valence-electron chi connectivity index (χ4n) is 1.86. The van der Waals surface area contributed by atoms with E-state index in [0.717, 1.165) is 32.3 Å². The summed E-state index contributed by atoms with van der Waals surface area (Å²) in [7, 11) is 0. The van der Waals surface area contributed by atoms with Crippen molar-refractivity contribution in [2.45, 2.75) is 44.2 Å². The van der Waals surface area contributed by atoms with Crippen LogP contribution in [0, 0.1) is 0 Å². The lowest BCUT2D eigenvalue weighted by atomic mass is 9.81. The largest absolute Gasteiger partial charge is 0.394 e. The Labute approximate surface area is 73.9 Å². The molecule has 0 radical (unpaired) electrons. The van der Waals surface area contributed by atoms with Crippen molar-refractivity contribution in [2.24, 2.45) is 5.73 Å². The minimum atomic E-state index is -0.377. The Morgan fingerprint density at radius 2 is 2.42 bits per heavy atom. The van der Waals surface area contributed by atoms with E-state index in [1.165, 1.54) is 0 Å². The van der Waals surface area contributed by atoms with Gasteiger partial charge in [-0.3, -0.25) is 0 Å². The van der Waals surface area contributed by atoms with E-state index in [0.29, 0.717) is 0 Å². The molecular weight excluding hydrogens is 154 g/mol. The Morgan fingerprint density at radius 1 is 1.67 bits per heavy atom. The lowest BCUT2D eigenvalue weighted by Crippen LogP contribution is -2.49. The van der Waals surface area contributed by atoms with Gasteiger partial charge in [0, 0.05) is 12.1 Å². The van der Waals surface area contributed by atoms with Crippen molar-refractivity contribution < 1.29 is 9.84 Å². The Kier molecular flexibility index (Phi) is 3.50. The fraction of sp³-hybridized carbons (Fsp3) is 1.00. The summed E-state index contributed by atoms with van der Waals surface area (Å²) in [5.41, 5.74) is 5.57. The lowest BCUT2D eigenvalue weighted by Gasteiger charge is -2.36. The molecule has 3 heteroatoms. The molecule has 0 spiro atoms. The van der Waals surface area contributed by atoms with Crippen LogP contribution in [0.15, 0.2) is 0 Å². The smallest absolute Gasteiger partial charge is 0.0612 e. The van der Waals surface area contributed by atoms with Gasteiger partial charge in [-0.15, -0.1) is 0 Å². The zero-order valence-electron chi connectivity index (χ0n) is 7.75. The fourth-order valence-corrected chi connectivity index (χ4v) is 1.86. The molecule has 0 aromatic rings. The van der Waals surface area contributed by atoms with Crippen molar-refractivity contribution in [3.63, 3.8) is 0 Å². The number of nitrogens with two attached hydrogens (primary N) is 1. The van der Waals surface area contributed by atoms with Crippen molar-refractivity contribution in [2.75, 3.05) is 13.2 Å². The minimum Gasteiger partial charge on any atom is -0.394 e. The summed E-state index contributed by atoms with van der Waals surface area (Å²) in [5.74, 6) is 0. The van der Waals surface area contributed by atoms with Crippen molar-refractivity contribution in [1.82, 2.24) is 0 Å². The van der Waals surface area contributed by atoms with Gasteiger partial charge in [0.15, 0.2) is 0 Å². The molecule has 0 heterocycles. The summed E-state index contributed by atoms with van der Waals surface area (Å²) in [5, 5.41) is 9.06. The molecule has 0 aromatic heterocycles. The Morgan fingerprint density at radius 3 is 3.00 bits per heavy atom. The van der Waals surface area contributed by atoms with Crippen LogP contribution in [0.4, 0.5) is 0 Å². The molecule has 0 saturated heterocycles. The number of hydrogen-bond donors (Lipinski definition) is 2. The van der Waals surface area contributed by atoms with Gasteiger partial charge in [0.1, 0.15) is 0 Å². The van der Waals surface area contributed by atoms with Crippen LogP contribution >= 0.6 is 0 Å². The average Bonchev–Trinajstić information content (AvgIpc) is 2.05. The molecule has 2 unspecified atom stereocenters. The topological polar surface area (TPSA) is 55.5 Å². The predicted octanol–water partition coefficient (Wildman–Crippen LogP) is 0.655. The number of rotatable bonds is 3. The maximum absolute atomic E-state index is 9.06. The number of aliphatic hydroxyl groups is 1. The average molecular weight is 173 g/mol. The Hall–Kier alpha value is -0.120. The standard InChI is InChI=1S/C9H19NO2/c1-2-12-8-4-3-5-9(10,6-8)7-11/h8,11H,2-7,10H2,1H3. The zero-order valence-corrected chi connectivity index (χ0v) is 7.75. The van der Waals surface area contributed by atoms with Crippen LogP contribution in [0.5, 0.6) is 0 Å². The van der Waals surface area contributed by atoms with Gasteiger partial charge in [-0.2, -0.15) is 0 Å². The third-order valence-corrected chi connectivity index (χ3v) is 2.55. The number of aliphatic hydroxyl groups excluding tert-OH is 1. The molecule has 0 aliphatic heterocycles. The van der Waals surface area contributed by atoms with E-state index < -0.39 is 0 Å². The van der Waals surface area contributed by atoms with E-state index >= 15 is 0 Å². The zero-order chi connectivity index (χ0) is 9.03. The SMILES string of the molecule is CCOC1CCCC(N)(CO)C1. The maximum atomic E-state index is 9.06. The molecule has 1 rings (SSSR count).